The molecule has 0 aromatic heterocycles. The van der Waals surface area contributed by atoms with Crippen molar-refractivity contribution in [1.29, 1.82) is 0 Å². The molecule has 0 spiro atoms. The molecule has 0 amide bonds. The van der Waals surface area contributed by atoms with Crippen molar-refractivity contribution in [3.63, 3.8) is 0 Å². The predicted octanol–water partition coefficient (Wildman–Crippen LogP) is 1.88. The number of nitro benzene ring substituents is 1. The Hall–Kier alpha value is -1.62. The monoisotopic (exact) mass is 196 g/mol. The van der Waals surface area contributed by atoms with Gasteiger partial charge in [-0.3, -0.25) is 10.1 Å². The summed E-state index contributed by atoms with van der Waals surface area (Å²) in [5, 5.41) is 19.3. The van der Waals surface area contributed by atoms with Gasteiger partial charge in [-0.15, -0.1) is 0 Å². The number of aliphatic hydroxyl groups excluding tert-OH is 1. The third-order valence-corrected chi connectivity index (χ3v) is 1.63. The molecule has 75 valence electrons. The Morgan fingerprint density at radius 2 is 2.36 bits per heavy atom. The van der Waals surface area contributed by atoms with Crippen LogP contribution in [0.25, 0.3) is 0 Å². The fourth-order valence-electron chi connectivity index (χ4n) is 1.03. The lowest BCUT2D eigenvalue weighted by Gasteiger charge is -2.04. The molecule has 0 saturated carbocycles. The maximum Gasteiger partial charge on any atom is 0.310 e. The number of hydrogen-bond acceptors (Lipinski definition) is 4. The average molecular weight is 196 g/mol. The first-order valence-electron chi connectivity index (χ1n) is 4.07. The second kappa shape index (κ2) is 4.57. The molecular weight excluding hydrogens is 186 g/mol. The lowest BCUT2D eigenvalue weighted by Crippen LogP contribution is -1.98. The van der Waals surface area contributed by atoms with Gasteiger partial charge < -0.3 is 9.84 Å². The molecule has 1 aromatic carbocycles. The number of nitro groups is 1. The second-order valence-corrected chi connectivity index (χ2v) is 2.55. The van der Waals surface area contributed by atoms with Crippen LogP contribution in [0.15, 0.2) is 18.2 Å². The van der Waals surface area contributed by atoms with Gasteiger partial charge in [-0.05, 0) is 24.6 Å². The van der Waals surface area contributed by atoms with Crippen molar-refractivity contribution in [2.45, 2.75) is 6.92 Å². The van der Waals surface area contributed by atoms with Crippen LogP contribution in [0.2, 0.25) is 0 Å². The van der Waals surface area contributed by atoms with E-state index in [1.165, 1.54) is 18.2 Å². The molecule has 14 heavy (non-hydrogen) atoms. The van der Waals surface area contributed by atoms with E-state index in [4.69, 9.17) is 9.84 Å². The lowest BCUT2D eigenvalue weighted by atomic mass is 10.2. The Labute approximate surface area is 81.1 Å². The number of benzene rings is 1. The summed E-state index contributed by atoms with van der Waals surface area (Å²) in [5.74, 6) is 0.167. The SMILES string of the molecule is CCOc1cc([CH]O)ccc1[N+](=O)[O-]. The van der Waals surface area contributed by atoms with Gasteiger partial charge in [0.25, 0.3) is 0 Å². The van der Waals surface area contributed by atoms with Gasteiger partial charge in [-0.2, -0.15) is 0 Å². The van der Waals surface area contributed by atoms with E-state index in [1.54, 1.807) is 6.92 Å². The normalized spacial score (nSPS) is 9.86. The molecule has 0 fully saturated rings. The highest BCUT2D eigenvalue weighted by molar-refractivity contribution is 5.49. The molecule has 0 aliphatic rings. The van der Waals surface area contributed by atoms with Crippen LogP contribution in [0.1, 0.15) is 12.5 Å². The van der Waals surface area contributed by atoms with Crippen molar-refractivity contribution in [3.05, 3.63) is 40.5 Å². The lowest BCUT2D eigenvalue weighted by molar-refractivity contribution is -0.385. The highest BCUT2D eigenvalue weighted by atomic mass is 16.6. The quantitative estimate of drug-likeness (QED) is 0.589. The molecule has 5 heteroatoms. The van der Waals surface area contributed by atoms with E-state index >= 15 is 0 Å². The Bertz CT molecular complexity index is 338. The van der Waals surface area contributed by atoms with E-state index in [0.717, 1.165) is 6.61 Å². The maximum atomic E-state index is 10.5. The second-order valence-electron chi connectivity index (χ2n) is 2.55. The van der Waals surface area contributed by atoms with Gasteiger partial charge in [-0.1, -0.05) is 0 Å². The van der Waals surface area contributed by atoms with E-state index in [0.29, 0.717) is 12.2 Å². The minimum atomic E-state index is -0.522. The average Bonchev–Trinajstić information content (AvgIpc) is 2.17. The van der Waals surface area contributed by atoms with Crippen LogP contribution in [-0.2, 0) is 0 Å². The Morgan fingerprint density at radius 1 is 1.64 bits per heavy atom. The van der Waals surface area contributed by atoms with Crippen LogP contribution in [0.4, 0.5) is 5.69 Å². The van der Waals surface area contributed by atoms with E-state index in [2.05, 4.69) is 0 Å². The van der Waals surface area contributed by atoms with Crippen molar-refractivity contribution >= 4 is 5.69 Å². The van der Waals surface area contributed by atoms with Crippen molar-refractivity contribution in [1.82, 2.24) is 0 Å². The molecule has 0 saturated heterocycles. The predicted molar refractivity (Wildman–Crippen MR) is 49.6 cm³/mol. The smallest absolute Gasteiger partial charge is 0.310 e. The van der Waals surface area contributed by atoms with Crippen molar-refractivity contribution in [2.75, 3.05) is 6.61 Å². The molecule has 1 N–H and O–H groups in total. The molecule has 5 nitrogen and oxygen atoms in total. The van der Waals surface area contributed by atoms with Gasteiger partial charge >= 0.3 is 5.69 Å². The number of hydrogen-bond donors (Lipinski definition) is 1. The zero-order valence-corrected chi connectivity index (χ0v) is 7.64. The standard InChI is InChI=1S/C9H10NO4/c1-2-14-9-5-7(6-11)3-4-8(9)10(12)13/h3-6,11H,2H2,1H3. The summed E-state index contributed by atoms with van der Waals surface area (Å²) >= 11 is 0. The fourth-order valence-corrected chi connectivity index (χ4v) is 1.03. The van der Waals surface area contributed by atoms with Crippen molar-refractivity contribution < 1.29 is 14.8 Å². The molecule has 0 aliphatic heterocycles. The minimum Gasteiger partial charge on any atom is -0.487 e. The van der Waals surface area contributed by atoms with Crippen LogP contribution >= 0.6 is 0 Å². The zero-order chi connectivity index (χ0) is 10.6. The fraction of sp³-hybridized carbons (Fsp3) is 0.222. The summed E-state index contributed by atoms with van der Waals surface area (Å²) < 4.78 is 5.07. The van der Waals surface area contributed by atoms with Gasteiger partial charge in [0.05, 0.1) is 11.5 Å². The first kappa shape index (κ1) is 10.5. The van der Waals surface area contributed by atoms with Gasteiger partial charge in [0, 0.05) is 6.07 Å². The first-order valence-corrected chi connectivity index (χ1v) is 4.07. The van der Waals surface area contributed by atoms with Gasteiger partial charge in [-0.25, -0.2) is 0 Å². The maximum absolute atomic E-state index is 10.5. The summed E-state index contributed by atoms with van der Waals surface area (Å²) in [7, 11) is 0. The Kier molecular flexibility index (Phi) is 3.41. The Balaban J connectivity index is 3.10. The minimum absolute atomic E-state index is 0.0996. The Morgan fingerprint density at radius 3 is 2.86 bits per heavy atom. The molecule has 1 rings (SSSR count). The van der Waals surface area contributed by atoms with Crippen LogP contribution in [0, 0.1) is 16.7 Å². The summed E-state index contributed by atoms with van der Waals surface area (Å²) in [6.45, 7) is 2.95. The van der Waals surface area contributed by atoms with Crippen LogP contribution < -0.4 is 4.74 Å². The largest absolute Gasteiger partial charge is 0.487 e. The van der Waals surface area contributed by atoms with E-state index < -0.39 is 4.92 Å². The number of nitrogens with zero attached hydrogens (tertiary/aromatic N) is 1. The molecule has 0 aliphatic carbocycles. The first-order chi connectivity index (χ1) is 6.69. The topological polar surface area (TPSA) is 72.6 Å². The summed E-state index contributed by atoms with van der Waals surface area (Å²) in [6, 6.07) is 4.16. The molecule has 0 unspecified atom stereocenters. The van der Waals surface area contributed by atoms with E-state index in [1.807, 2.05) is 0 Å². The summed E-state index contributed by atoms with van der Waals surface area (Å²) in [6.07, 6.45) is 0. The third kappa shape index (κ3) is 2.20. The number of rotatable bonds is 4. The van der Waals surface area contributed by atoms with Gasteiger partial charge in [0.2, 0.25) is 0 Å². The molecule has 1 radical (unpaired) electrons. The molecular formula is C9H10NO4. The van der Waals surface area contributed by atoms with Crippen molar-refractivity contribution in [2.24, 2.45) is 0 Å². The number of aliphatic hydroxyl groups is 1. The summed E-state index contributed by atoms with van der Waals surface area (Å²) in [4.78, 5) is 10.0. The highest BCUT2D eigenvalue weighted by Crippen LogP contribution is 2.28. The van der Waals surface area contributed by atoms with Crippen molar-refractivity contribution in [3.8, 4) is 5.75 Å². The van der Waals surface area contributed by atoms with Crippen LogP contribution in [0.5, 0.6) is 5.75 Å². The van der Waals surface area contributed by atoms with E-state index in [-0.39, 0.29) is 11.4 Å². The summed E-state index contributed by atoms with van der Waals surface area (Å²) in [5.41, 5.74) is 0.372. The molecule has 0 atom stereocenters. The number of ether oxygens (including phenoxy) is 1. The highest BCUT2D eigenvalue weighted by Gasteiger charge is 2.14. The van der Waals surface area contributed by atoms with Crippen LogP contribution in [0.3, 0.4) is 0 Å². The molecule has 0 bridgehead atoms. The van der Waals surface area contributed by atoms with E-state index in [9.17, 15) is 10.1 Å². The zero-order valence-electron chi connectivity index (χ0n) is 7.64. The molecule has 1 aromatic rings. The molecule has 0 heterocycles. The third-order valence-electron chi connectivity index (χ3n) is 1.63. The van der Waals surface area contributed by atoms with Gasteiger partial charge in [0.15, 0.2) is 5.75 Å². The van der Waals surface area contributed by atoms with Gasteiger partial charge in [0.1, 0.15) is 6.61 Å². The van der Waals surface area contributed by atoms with Crippen LogP contribution in [-0.4, -0.2) is 16.6 Å².